The highest BCUT2D eigenvalue weighted by Gasteiger charge is 2.29. The molecule has 1 saturated heterocycles. The number of nitrogens with zero attached hydrogens (tertiary/aromatic N) is 3. The van der Waals surface area contributed by atoms with Gasteiger partial charge < -0.3 is 9.80 Å². The summed E-state index contributed by atoms with van der Waals surface area (Å²) in [6.45, 7) is 3.25. The summed E-state index contributed by atoms with van der Waals surface area (Å²) in [6.07, 6.45) is 7.71. The lowest BCUT2D eigenvalue weighted by molar-refractivity contribution is -0.385. The Balaban J connectivity index is 1.29. The third-order valence-corrected chi connectivity index (χ3v) is 11.0. The van der Waals surface area contributed by atoms with Crippen LogP contribution in [0.2, 0.25) is 10.0 Å². The molecule has 2 atom stereocenters. The van der Waals surface area contributed by atoms with Gasteiger partial charge in [0.1, 0.15) is 0 Å². The minimum Gasteiger partial charge on any atom is -0.341 e. The van der Waals surface area contributed by atoms with Crippen LogP contribution < -0.4 is 0 Å². The van der Waals surface area contributed by atoms with Crippen LogP contribution in [-0.2, 0) is 23.6 Å². The standard InChI is InChI=1S/C34H39Cl2N3O4S/c1-37(34(40)29-12-14-32(39(41)42)28-9-4-3-8-27(28)29)22-25(24-11-13-30(35)31(36)21-24)17-20-38-18-15-23(16-19-38)26-7-5-6-10-33(26)44(2)43/h5-7,10-14,21,23,25H,3-4,8-9,15-20,22H2,1-2H3/t25?,44-/m0/s1. The quantitative estimate of drug-likeness (QED) is 0.166. The molecular weight excluding hydrogens is 617 g/mol. The van der Waals surface area contributed by atoms with Crippen molar-refractivity contribution >= 4 is 45.6 Å². The molecule has 0 aromatic heterocycles. The van der Waals surface area contributed by atoms with Crippen LogP contribution in [0.1, 0.15) is 76.6 Å². The topological polar surface area (TPSA) is 83.8 Å². The van der Waals surface area contributed by atoms with Crippen molar-refractivity contribution in [1.29, 1.82) is 0 Å². The fraction of sp³-hybridized carbons (Fsp3) is 0.441. The van der Waals surface area contributed by atoms with Crippen LogP contribution in [0.3, 0.4) is 0 Å². The van der Waals surface area contributed by atoms with Gasteiger partial charge in [0, 0.05) is 47.9 Å². The van der Waals surface area contributed by atoms with E-state index in [9.17, 15) is 19.1 Å². The largest absolute Gasteiger partial charge is 0.341 e. The molecule has 3 aromatic carbocycles. The molecule has 0 N–H and O–H groups in total. The van der Waals surface area contributed by atoms with E-state index in [0.717, 1.165) is 67.8 Å². The maximum atomic E-state index is 13.8. The molecule has 1 unspecified atom stereocenters. The van der Waals surface area contributed by atoms with Crippen molar-refractivity contribution < 1.29 is 13.9 Å². The number of halogens is 2. The Morgan fingerprint density at radius 3 is 2.43 bits per heavy atom. The molecule has 5 rings (SSSR count). The second-order valence-corrected chi connectivity index (χ2v) is 14.2. The monoisotopic (exact) mass is 655 g/mol. The van der Waals surface area contributed by atoms with Crippen LogP contribution in [0.4, 0.5) is 5.69 Å². The van der Waals surface area contributed by atoms with Crippen LogP contribution in [0, 0.1) is 10.1 Å². The first kappa shape index (κ1) is 32.6. The van der Waals surface area contributed by atoms with Crippen molar-refractivity contribution in [1.82, 2.24) is 9.80 Å². The number of likely N-dealkylation sites (tertiary alicyclic amines) is 1. The normalized spacial score (nSPS) is 17.1. The number of nitro benzene ring substituents is 1. The van der Waals surface area contributed by atoms with Gasteiger partial charge in [0.05, 0.1) is 25.8 Å². The number of carbonyl (C=O) groups excluding carboxylic acids is 1. The Morgan fingerprint density at radius 2 is 1.75 bits per heavy atom. The minimum atomic E-state index is -1.01. The second-order valence-electron chi connectivity index (χ2n) is 12.0. The molecule has 0 spiro atoms. The van der Waals surface area contributed by atoms with Gasteiger partial charge in [-0.25, -0.2) is 0 Å². The van der Waals surface area contributed by atoms with Gasteiger partial charge in [-0.15, -0.1) is 0 Å². The number of piperidine rings is 1. The van der Waals surface area contributed by atoms with Crippen molar-refractivity contribution in [3.05, 3.63) is 103 Å². The molecule has 44 heavy (non-hydrogen) atoms. The first-order valence-corrected chi connectivity index (χ1v) is 17.6. The van der Waals surface area contributed by atoms with Crippen LogP contribution in [-0.4, -0.2) is 64.3 Å². The first-order chi connectivity index (χ1) is 21.1. The number of likely N-dealkylation sites (N-methyl/N-ethyl adjacent to an activating group) is 1. The molecule has 0 saturated carbocycles. The molecule has 0 bridgehead atoms. The number of benzene rings is 3. The zero-order valence-electron chi connectivity index (χ0n) is 25.3. The van der Waals surface area contributed by atoms with Gasteiger partial charge in [0.15, 0.2) is 0 Å². The summed E-state index contributed by atoms with van der Waals surface area (Å²) in [4.78, 5) is 30.3. The molecular formula is C34H39Cl2N3O4S. The molecule has 1 aliphatic carbocycles. The summed E-state index contributed by atoms with van der Waals surface area (Å²) in [7, 11) is 0.800. The maximum absolute atomic E-state index is 13.8. The molecule has 7 nitrogen and oxygen atoms in total. The zero-order chi connectivity index (χ0) is 31.4. The summed E-state index contributed by atoms with van der Waals surface area (Å²) in [6, 6.07) is 16.9. The zero-order valence-corrected chi connectivity index (χ0v) is 27.6. The molecule has 3 aromatic rings. The Morgan fingerprint density at radius 1 is 1.05 bits per heavy atom. The third-order valence-electron chi connectivity index (χ3n) is 9.24. The average Bonchev–Trinajstić information content (AvgIpc) is 3.03. The fourth-order valence-electron chi connectivity index (χ4n) is 6.85. The Labute approximate surface area is 272 Å². The molecule has 234 valence electrons. The molecule has 1 heterocycles. The summed E-state index contributed by atoms with van der Waals surface area (Å²) in [5.74, 6) is 0.304. The molecule has 1 amide bonds. The van der Waals surface area contributed by atoms with Crippen LogP contribution >= 0.6 is 23.2 Å². The smallest absolute Gasteiger partial charge is 0.272 e. The number of carbonyl (C=O) groups is 1. The van der Waals surface area contributed by atoms with Crippen molar-refractivity contribution in [3.63, 3.8) is 0 Å². The summed E-state index contributed by atoms with van der Waals surface area (Å²) < 4.78 is 12.3. The number of fused-ring (bicyclic) bond motifs is 1. The van der Waals surface area contributed by atoms with Gasteiger partial charge in [-0.1, -0.05) is 47.5 Å². The van der Waals surface area contributed by atoms with E-state index in [4.69, 9.17) is 23.2 Å². The van der Waals surface area contributed by atoms with E-state index in [1.165, 1.54) is 11.6 Å². The van der Waals surface area contributed by atoms with E-state index < -0.39 is 10.8 Å². The van der Waals surface area contributed by atoms with Gasteiger partial charge in [-0.3, -0.25) is 19.1 Å². The number of amides is 1. The van der Waals surface area contributed by atoms with E-state index in [0.29, 0.717) is 46.5 Å². The van der Waals surface area contributed by atoms with E-state index in [1.807, 2.05) is 37.4 Å². The lowest BCUT2D eigenvalue weighted by atomic mass is 9.86. The average molecular weight is 657 g/mol. The van der Waals surface area contributed by atoms with Gasteiger partial charge >= 0.3 is 0 Å². The molecule has 1 aliphatic heterocycles. The van der Waals surface area contributed by atoms with Crippen molar-refractivity contribution in [3.8, 4) is 0 Å². The number of hydrogen-bond acceptors (Lipinski definition) is 5. The number of nitro groups is 1. The van der Waals surface area contributed by atoms with Crippen molar-refractivity contribution in [2.45, 2.75) is 61.7 Å². The van der Waals surface area contributed by atoms with Crippen LogP contribution in [0.15, 0.2) is 59.5 Å². The van der Waals surface area contributed by atoms with Gasteiger partial charge in [-0.2, -0.15) is 0 Å². The van der Waals surface area contributed by atoms with E-state index >= 15 is 0 Å². The van der Waals surface area contributed by atoms with Gasteiger partial charge in [0.2, 0.25) is 0 Å². The highest BCUT2D eigenvalue weighted by molar-refractivity contribution is 7.84. The molecule has 1 fully saturated rings. The predicted octanol–water partition coefficient (Wildman–Crippen LogP) is 7.64. The SMILES string of the molecule is CN(CC(CCN1CCC(c2ccccc2[S@](C)=O)CC1)c1ccc(Cl)c(Cl)c1)C(=O)c1ccc([N+](=O)[O-])c2c1CCCC2. The molecule has 10 heteroatoms. The van der Waals surface area contributed by atoms with Crippen LogP contribution in [0.25, 0.3) is 0 Å². The fourth-order valence-corrected chi connectivity index (χ4v) is 8.00. The number of hydrogen-bond donors (Lipinski definition) is 0. The highest BCUT2D eigenvalue weighted by atomic mass is 35.5. The summed E-state index contributed by atoms with van der Waals surface area (Å²) in [5, 5.41) is 12.6. The Bertz CT molecular complexity index is 1560. The van der Waals surface area contributed by atoms with E-state index in [2.05, 4.69) is 11.0 Å². The minimum absolute atomic E-state index is 0.0218. The Kier molecular flexibility index (Phi) is 10.8. The lowest BCUT2D eigenvalue weighted by Crippen LogP contribution is -2.36. The predicted molar refractivity (Wildman–Crippen MR) is 178 cm³/mol. The van der Waals surface area contributed by atoms with Gasteiger partial charge in [-0.05, 0) is 111 Å². The lowest BCUT2D eigenvalue weighted by Gasteiger charge is -2.34. The van der Waals surface area contributed by atoms with Gasteiger partial charge in [0.25, 0.3) is 11.6 Å². The number of rotatable bonds is 10. The third kappa shape index (κ3) is 7.36. The maximum Gasteiger partial charge on any atom is 0.272 e. The van der Waals surface area contributed by atoms with Crippen LogP contribution in [0.5, 0.6) is 0 Å². The van der Waals surface area contributed by atoms with E-state index in [-0.39, 0.29) is 22.4 Å². The summed E-state index contributed by atoms with van der Waals surface area (Å²) >= 11 is 12.7. The van der Waals surface area contributed by atoms with Crippen molar-refractivity contribution in [2.75, 3.05) is 39.5 Å². The highest BCUT2D eigenvalue weighted by Crippen LogP contribution is 2.35. The van der Waals surface area contributed by atoms with E-state index in [1.54, 1.807) is 23.3 Å². The Hall–Kier alpha value is -2.78. The van der Waals surface area contributed by atoms with Crippen molar-refractivity contribution in [2.24, 2.45) is 0 Å². The second kappa shape index (κ2) is 14.5. The first-order valence-electron chi connectivity index (χ1n) is 15.3. The molecule has 2 aliphatic rings. The molecule has 0 radical (unpaired) electrons. The summed E-state index contributed by atoms with van der Waals surface area (Å²) in [5.41, 5.74) is 4.44.